The topological polar surface area (TPSA) is 63.6 Å². The summed E-state index contributed by atoms with van der Waals surface area (Å²) in [6.07, 6.45) is 23.3. The number of esters is 1. The molecule has 0 rings (SSSR count). The van der Waals surface area contributed by atoms with Crippen molar-refractivity contribution in [2.24, 2.45) is 0 Å². The number of unbranched alkanes of at least 4 members (excludes halogenated alkanes) is 12. The van der Waals surface area contributed by atoms with Gasteiger partial charge in [0.25, 0.3) is 0 Å². The van der Waals surface area contributed by atoms with Gasteiger partial charge in [0.15, 0.2) is 0 Å². The third-order valence-corrected chi connectivity index (χ3v) is 5.20. The van der Waals surface area contributed by atoms with Crippen LogP contribution in [-0.4, -0.2) is 23.1 Å². The fraction of sp³-hybridized carbons (Fsp3) is 0.840. The second kappa shape index (κ2) is 21.4. The smallest absolute Gasteiger partial charge is 0.307 e. The Morgan fingerprint density at radius 2 is 1.28 bits per heavy atom. The number of hydrogen-bond donors (Lipinski definition) is 1. The molecule has 0 aliphatic carbocycles. The maximum Gasteiger partial charge on any atom is 0.307 e. The van der Waals surface area contributed by atoms with Gasteiger partial charge in [-0.3, -0.25) is 9.59 Å². The molecule has 170 valence electrons. The Bertz CT molecular complexity index is 417. The highest BCUT2D eigenvalue weighted by molar-refractivity contribution is 5.71. The molecule has 0 heterocycles. The van der Waals surface area contributed by atoms with E-state index in [0.717, 1.165) is 25.7 Å². The van der Waals surface area contributed by atoms with E-state index in [0.29, 0.717) is 12.8 Å². The van der Waals surface area contributed by atoms with Gasteiger partial charge in [-0.2, -0.15) is 0 Å². The van der Waals surface area contributed by atoms with Crippen LogP contribution >= 0.6 is 0 Å². The number of carboxylic acid groups (broad SMARTS) is 1. The van der Waals surface area contributed by atoms with Gasteiger partial charge in [-0.05, 0) is 38.5 Å². The van der Waals surface area contributed by atoms with E-state index in [1.165, 1.54) is 70.6 Å². The summed E-state index contributed by atoms with van der Waals surface area (Å²) in [4.78, 5) is 22.6. The fourth-order valence-electron chi connectivity index (χ4n) is 3.48. The number of rotatable bonds is 21. The van der Waals surface area contributed by atoms with E-state index in [-0.39, 0.29) is 12.4 Å². The highest BCUT2D eigenvalue weighted by atomic mass is 16.5. The van der Waals surface area contributed by atoms with Crippen LogP contribution in [0.3, 0.4) is 0 Å². The molecule has 0 aromatic heterocycles. The first-order valence-corrected chi connectivity index (χ1v) is 12.2. The van der Waals surface area contributed by atoms with Gasteiger partial charge in [0.05, 0.1) is 6.42 Å². The molecule has 1 unspecified atom stereocenters. The lowest BCUT2D eigenvalue weighted by Crippen LogP contribution is -2.21. The molecule has 0 aromatic carbocycles. The molecule has 0 saturated heterocycles. The third kappa shape index (κ3) is 21.2. The van der Waals surface area contributed by atoms with Crippen molar-refractivity contribution in [3.63, 3.8) is 0 Å². The zero-order chi connectivity index (χ0) is 21.6. The molecule has 0 radical (unpaired) electrons. The summed E-state index contributed by atoms with van der Waals surface area (Å²) in [7, 11) is 0. The standard InChI is InChI=1S/C25H46O4/c1-3-5-6-7-8-9-10-11-12-13-14-15-16-17-18-19-21-25(28)29-23(20-4-2)22-24(26)27/h11-12,23H,3-10,13-22H2,1-2H3,(H,26,27)/b12-11-. The van der Waals surface area contributed by atoms with Gasteiger partial charge in [0.1, 0.15) is 6.10 Å². The minimum Gasteiger partial charge on any atom is -0.481 e. The largest absolute Gasteiger partial charge is 0.481 e. The zero-order valence-corrected chi connectivity index (χ0v) is 19.1. The summed E-state index contributed by atoms with van der Waals surface area (Å²) in [6, 6.07) is 0. The second-order valence-electron chi connectivity index (χ2n) is 8.19. The molecule has 0 saturated carbocycles. The lowest BCUT2D eigenvalue weighted by molar-refractivity contribution is -0.153. The summed E-state index contributed by atoms with van der Waals surface area (Å²) in [6.45, 7) is 4.22. The first kappa shape index (κ1) is 27.7. The van der Waals surface area contributed by atoms with Crippen LogP contribution < -0.4 is 0 Å². The van der Waals surface area contributed by atoms with Crippen molar-refractivity contribution in [3.8, 4) is 0 Å². The van der Waals surface area contributed by atoms with Gasteiger partial charge < -0.3 is 9.84 Å². The highest BCUT2D eigenvalue weighted by Crippen LogP contribution is 2.13. The number of hydrogen-bond acceptors (Lipinski definition) is 3. The van der Waals surface area contributed by atoms with Crippen molar-refractivity contribution in [1.82, 2.24) is 0 Å². The van der Waals surface area contributed by atoms with Gasteiger partial charge in [-0.25, -0.2) is 0 Å². The number of carbonyl (C=O) groups is 2. The van der Waals surface area contributed by atoms with E-state index in [4.69, 9.17) is 9.84 Å². The number of aliphatic carboxylic acids is 1. The van der Waals surface area contributed by atoms with Crippen LogP contribution in [0.2, 0.25) is 0 Å². The van der Waals surface area contributed by atoms with Crippen LogP contribution in [0.5, 0.6) is 0 Å². The van der Waals surface area contributed by atoms with Crippen LogP contribution in [0.25, 0.3) is 0 Å². The average molecular weight is 411 g/mol. The number of ether oxygens (including phenoxy) is 1. The van der Waals surface area contributed by atoms with E-state index in [1.807, 2.05) is 6.92 Å². The number of carbonyl (C=O) groups excluding carboxylic acids is 1. The quantitative estimate of drug-likeness (QED) is 0.120. The Morgan fingerprint density at radius 3 is 1.79 bits per heavy atom. The molecule has 29 heavy (non-hydrogen) atoms. The Hall–Kier alpha value is -1.32. The van der Waals surface area contributed by atoms with Gasteiger partial charge in [-0.1, -0.05) is 90.2 Å². The van der Waals surface area contributed by atoms with Gasteiger partial charge in [0, 0.05) is 6.42 Å². The van der Waals surface area contributed by atoms with Crippen molar-refractivity contribution in [2.45, 2.75) is 136 Å². The van der Waals surface area contributed by atoms with Crippen LogP contribution in [-0.2, 0) is 14.3 Å². The van der Waals surface area contributed by atoms with Crippen LogP contribution in [0.15, 0.2) is 12.2 Å². The summed E-state index contributed by atoms with van der Waals surface area (Å²) in [5.41, 5.74) is 0. The van der Waals surface area contributed by atoms with Crippen LogP contribution in [0.1, 0.15) is 129 Å². The predicted octanol–water partition coefficient (Wildman–Crippen LogP) is 7.60. The molecule has 4 heteroatoms. The predicted molar refractivity (Wildman–Crippen MR) is 121 cm³/mol. The minimum atomic E-state index is -0.909. The molecule has 0 aliphatic heterocycles. The number of allylic oxidation sites excluding steroid dienone is 2. The zero-order valence-electron chi connectivity index (χ0n) is 19.1. The van der Waals surface area contributed by atoms with Gasteiger partial charge >= 0.3 is 11.9 Å². The SMILES string of the molecule is CCCCCCCC/C=C\CCCCCCCCC(=O)OC(CCC)CC(=O)O. The molecule has 0 bridgehead atoms. The Kier molecular flexibility index (Phi) is 20.4. The summed E-state index contributed by atoms with van der Waals surface area (Å²) >= 11 is 0. The average Bonchev–Trinajstić information content (AvgIpc) is 2.67. The van der Waals surface area contributed by atoms with E-state index in [2.05, 4.69) is 19.1 Å². The van der Waals surface area contributed by atoms with Crippen molar-refractivity contribution in [1.29, 1.82) is 0 Å². The Labute approximate surface area is 179 Å². The molecule has 0 fully saturated rings. The molecule has 0 spiro atoms. The highest BCUT2D eigenvalue weighted by Gasteiger charge is 2.16. The normalized spacial score (nSPS) is 12.3. The maximum absolute atomic E-state index is 11.8. The van der Waals surface area contributed by atoms with E-state index in [9.17, 15) is 9.59 Å². The summed E-state index contributed by atoms with van der Waals surface area (Å²) < 4.78 is 5.30. The molecular formula is C25H46O4. The molecule has 0 amide bonds. The molecule has 1 N–H and O–H groups in total. The minimum absolute atomic E-state index is 0.0903. The van der Waals surface area contributed by atoms with Crippen LogP contribution in [0, 0.1) is 0 Å². The first-order chi connectivity index (χ1) is 14.1. The Morgan fingerprint density at radius 1 is 0.759 bits per heavy atom. The number of carboxylic acids is 1. The molecular weight excluding hydrogens is 364 g/mol. The first-order valence-electron chi connectivity index (χ1n) is 12.2. The third-order valence-electron chi connectivity index (χ3n) is 5.20. The van der Waals surface area contributed by atoms with Crippen molar-refractivity contribution < 1.29 is 19.4 Å². The van der Waals surface area contributed by atoms with Crippen molar-refractivity contribution >= 4 is 11.9 Å². The van der Waals surface area contributed by atoms with E-state index >= 15 is 0 Å². The second-order valence-corrected chi connectivity index (χ2v) is 8.19. The van der Waals surface area contributed by atoms with E-state index < -0.39 is 12.1 Å². The van der Waals surface area contributed by atoms with Crippen molar-refractivity contribution in [2.75, 3.05) is 0 Å². The summed E-state index contributed by atoms with van der Waals surface area (Å²) in [5, 5.41) is 8.85. The van der Waals surface area contributed by atoms with E-state index in [1.54, 1.807) is 0 Å². The lowest BCUT2D eigenvalue weighted by atomic mass is 10.1. The van der Waals surface area contributed by atoms with Gasteiger partial charge in [0.2, 0.25) is 0 Å². The molecule has 0 aliphatic rings. The monoisotopic (exact) mass is 410 g/mol. The fourth-order valence-corrected chi connectivity index (χ4v) is 3.48. The van der Waals surface area contributed by atoms with Crippen molar-refractivity contribution in [3.05, 3.63) is 12.2 Å². The summed E-state index contributed by atoms with van der Waals surface area (Å²) in [5.74, 6) is -1.16. The Balaban J connectivity index is 3.44. The maximum atomic E-state index is 11.8. The van der Waals surface area contributed by atoms with Gasteiger partial charge in [-0.15, -0.1) is 0 Å². The molecule has 0 aromatic rings. The molecule has 4 nitrogen and oxygen atoms in total. The lowest BCUT2D eigenvalue weighted by Gasteiger charge is -2.15. The molecule has 1 atom stereocenters. The van der Waals surface area contributed by atoms with Crippen LogP contribution in [0.4, 0.5) is 0 Å².